The molecule has 216 valence electrons. The number of aliphatic hydroxyl groups is 1. The third-order valence-corrected chi connectivity index (χ3v) is 9.59. The zero-order chi connectivity index (χ0) is 27.5. The molecule has 2 aromatic carbocycles. The number of hydrogen-bond donors (Lipinski definition) is 2. The SMILES string of the molecule is CCN1CCN(C2=c3ccccc3=CC(c3ccc(OC4CCCCC4O)cc3)(N3CCN(CC)CC3)N2)CC1. The Hall–Kier alpha value is -2.58. The highest BCUT2D eigenvalue weighted by Gasteiger charge is 2.41. The predicted octanol–water partition coefficient (Wildman–Crippen LogP) is 1.95. The summed E-state index contributed by atoms with van der Waals surface area (Å²) in [5, 5.41) is 17.2. The number of likely N-dealkylation sites (N-methyl/N-ethyl adjacent to an activating group) is 2. The summed E-state index contributed by atoms with van der Waals surface area (Å²) >= 11 is 0. The predicted molar refractivity (Wildman–Crippen MR) is 161 cm³/mol. The molecule has 1 aliphatic carbocycles. The molecule has 3 heterocycles. The van der Waals surface area contributed by atoms with Crippen LogP contribution in [0, 0.1) is 0 Å². The number of nitrogens with one attached hydrogen (secondary N) is 1. The van der Waals surface area contributed by atoms with Crippen LogP contribution in [0.1, 0.15) is 45.1 Å². The minimum Gasteiger partial charge on any atom is -0.488 e. The Balaban J connectivity index is 1.37. The van der Waals surface area contributed by atoms with Gasteiger partial charge < -0.3 is 29.9 Å². The van der Waals surface area contributed by atoms with Crippen LogP contribution in [0.3, 0.4) is 0 Å². The molecule has 0 aromatic heterocycles. The lowest BCUT2D eigenvalue weighted by Gasteiger charge is -2.50. The van der Waals surface area contributed by atoms with Crippen molar-refractivity contribution in [3.05, 3.63) is 64.5 Å². The summed E-state index contributed by atoms with van der Waals surface area (Å²) in [5.74, 6) is 2.09. The van der Waals surface area contributed by atoms with E-state index in [9.17, 15) is 5.11 Å². The second kappa shape index (κ2) is 12.1. The largest absolute Gasteiger partial charge is 0.488 e. The highest BCUT2D eigenvalue weighted by atomic mass is 16.5. The fourth-order valence-electron chi connectivity index (χ4n) is 6.99. The van der Waals surface area contributed by atoms with Crippen LogP contribution in [-0.2, 0) is 5.66 Å². The van der Waals surface area contributed by atoms with Crippen LogP contribution in [0.4, 0.5) is 0 Å². The average Bonchev–Trinajstić information content (AvgIpc) is 3.02. The smallest absolute Gasteiger partial charge is 0.139 e. The molecule has 0 spiro atoms. The lowest BCUT2D eigenvalue weighted by molar-refractivity contribution is 0.00679. The summed E-state index contributed by atoms with van der Waals surface area (Å²) in [6.07, 6.45) is 5.94. The van der Waals surface area contributed by atoms with E-state index >= 15 is 0 Å². The molecule has 7 nitrogen and oxygen atoms in total. The van der Waals surface area contributed by atoms with E-state index in [1.54, 1.807) is 0 Å². The standard InChI is InChI=1S/C33H47N5O2/c1-3-35-17-21-37(22-18-35)32-29-10-6-5-9-26(29)25-33(34-32,38-23-19-36(4-2)20-24-38)27-13-15-28(16-14-27)40-31-12-8-7-11-30(31)39/h5-6,9-10,13-16,25,30-31,34,39H,3-4,7-8,11-12,17-24H2,1-2H3. The summed E-state index contributed by atoms with van der Waals surface area (Å²) < 4.78 is 6.29. The maximum atomic E-state index is 10.5. The molecule has 3 atom stereocenters. The van der Waals surface area contributed by atoms with Crippen LogP contribution in [0.25, 0.3) is 11.9 Å². The summed E-state index contributed by atoms with van der Waals surface area (Å²) in [7, 11) is 0. The van der Waals surface area contributed by atoms with Crippen molar-refractivity contribution in [1.29, 1.82) is 0 Å². The molecule has 40 heavy (non-hydrogen) atoms. The molecular weight excluding hydrogens is 498 g/mol. The van der Waals surface area contributed by atoms with Gasteiger partial charge in [0.05, 0.1) is 6.10 Å². The van der Waals surface area contributed by atoms with Crippen LogP contribution in [-0.4, -0.2) is 102 Å². The van der Waals surface area contributed by atoms with Gasteiger partial charge in [-0.2, -0.15) is 0 Å². The van der Waals surface area contributed by atoms with Crippen molar-refractivity contribution in [2.75, 3.05) is 65.4 Å². The third-order valence-electron chi connectivity index (χ3n) is 9.59. The van der Waals surface area contributed by atoms with Gasteiger partial charge in [-0.25, -0.2) is 0 Å². The van der Waals surface area contributed by atoms with Gasteiger partial charge in [0.2, 0.25) is 0 Å². The fourth-order valence-corrected chi connectivity index (χ4v) is 6.99. The van der Waals surface area contributed by atoms with Gasteiger partial charge in [0.25, 0.3) is 0 Å². The van der Waals surface area contributed by atoms with E-state index in [1.165, 1.54) is 21.8 Å². The summed E-state index contributed by atoms with van der Waals surface area (Å²) in [4.78, 5) is 10.3. The highest BCUT2D eigenvalue weighted by Crippen LogP contribution is 2.34. The molecule has 0 amide bonds. The molecule has 2 aromatic rings. The zero-order valence-electron chi connectivity index (χ0n) is 24.4. The molecule has 0 bridgehead atoms. The first-order valence-electron chi connectivity index (χ1n) is 15.6. The second-order valence-corrected chi connectivity index (χ2v) is 11.8. The van der Waals surface area contributed by atoms with Gasteiger partial charge in [-0.1, -0.05) is 56.7 Å². The molecule has 4 aliphatic rings. The summed E-state index contributed by atoms with van der Waals surface area (Å²) in [6.45, 7) is 15.1. The third kappa shape index (κ3) is 5.49. The summed E-state index contributed by atoms with van der Waals surface area (Å²) in [6, 6.07) is 17.6. The van der Waals surface area contributed by atoms with Gasteiger partial charge in [0.1, 0.15) is 23.3 Å². The quantitative estimate of drug-likeness (QED) is 0.552. The van der Waals surface area contributed by atoms with E-state index in [0.29, 0.717) is 0 Å². The first kappa shape index (κ1) is 27.6. The van der Waals surface area contributed by atoms with Gasteiger partial charge in [0.15, 0.2) is 0 Å². The molecule has 3 fully saturated rings. The van der Waals surface area contributed by atoms with Crippen molar-refractivity contribution >= 4 is 11.9 Å². The average molecular weight is 546 g/mol. The topological polar surface area (TPSA) is 54.5 Å². The number of piperazine rings is 2. The molecule has 2 N–H and O–H groups in total. The van der Waals surface area contributed by atoms with Gasteiger partial charge in [-0.05, 0) is 61.3 Å². The molecule has 2 saturated heterocycles. The van der Waals surface area contributed by atoms with E-state index in [1.807, 2.05) is 0 Å². The lowest BCUT2D eigenvalue weighted by atomic mass is 9.91. The van der Waals surface area contributed by atoms with Crippen molar-refractivity contribution < 1.29 is 9.84 Å². The maximum absolute atomic E-state index is 10.5. The Bertz CT molecular complexity index is 1250. The molecular formula is C33H47N5O2. The first-order chi connectivity index (χ1) is 19.6. The Morgan fingerprint density at radius 1 is 0.825 bits per heavy atom. The number of rotatable bonds is 7. The van der Waals surface area contributed by atoms with Crippen molar-refractivity contribution in [1.82, 2.24) is 24.9 Å². The van der Waals surface area contributed by atoms with Crippen molar-refractivity contribution in [3.63, 3.8) is 0 Å². The van der Waals surface area contributed by atoms with Gasteiger partial charge in [-0.3, -0.25) is 4.90 Å². The normalized spacial score (nSPS) is 28.5. The number of fused-ring (bicyclic) bond motifs is 1. The molecule has 6 rings (SSSR count). The van der Waals surface area contributed by atoms with E-state index in [0.717, 1.165) is 96.9 Å². The number of ether oxygens (including phenoxy) is 1. The summed E-state index contributed by atoms with van der Waals surface area (Å²) in [5.41, 5.74) is 0.780. The monoisotopic (exact) mass is 545 g/mol. The van der Waals surface area contributed by atoms with Crippen molar-refractivity contribution in [2.24, 2.45) is 0 Å². The van der Waals surface area contributed by atoms with Crippen LogP contribution >= 0.6 is 0 Å². The Kier molecular flexibility index (Phi) is 8.35. The molecule has 0 radical (unpaired) electrons. The molecule has 3 unspecified atom stereocenters. The van der Waals surface area contributed by atoms with Crippen molar-refractivity contribution in [2.45, 2.75) is 57.4 Å². The molecule has 7 heteroatoms. The Labute approximate surface area is 239 Å². The maximum Gasteiger partial charge on any atom is 0.139 e. The Morgan fingerprint density at radius 2 is 1.48 bits per heavy atom. The van der Waals surface area contributed by atoms with Gasteiger partial charge in [-0.15, -0.1) is 0 Å². The molecule has 1 saturated carbocycles. The second-order valence-electron chi connectivity index (χ2n) is 11.8. The molecule has 3 aliphatic heterocycles. The van der Waals surface area contributed by atoms with Crippen LogP contribution < -0.4 is 20.5 Å². The van der Waals surface area contributed by atoms with Crippen LogP contribution in [0.2, 0.25) is 0 Å². The number of aliphatic hydroxyl groups excluding tert-OH is 1. The minimum atomic E-state index is -0.450. The van der Waals surface area contributed by atoms with E-state index in [-0.39, 0.29) is 12.2 Å². The first-order valence-corrected chi connectivity index (χ1v) is 15.6. The van der Waals surface area contributed by atoms with E-state index in [2.05, 4.69) is 93.4 Å². The minimum absolute atomic E-state index is 0.108. The van der Waals surface area contributed by atoms with E-state index in [4.69, 9.17) is 4.74 Å². The number of nitrogens with zero attached hydrogens (tertiary/aromatic N) is 4. The lowest BCUT2D eigenvalue weighted by Crippen LogP contribution is -2.65. The zero-order valence-corrected chi connectivity index (χ0v) is 24.4. The van der Waals surface area contributed by atoms with Crippen molar-refractivity contribution in [3.8, 4) is 5.75 Å². The van der Waals surface area contributed by atoms with E-state index < -0.39 is 5.66 Å². The Morgan fingerprint density at radius 3 is 2.15 bits per heavy atom. The van der Waals surface area contributed by atoms with Crippen LogP contribution in [0.5, 0.6) is 5.75 Å². The van der Waals surface area contributed by atoms with Crippen LogP contribution in [0.15, 0.2) is 48.5 Å². The van der Waals surface area contributed by atoms with Gasteiger partial charge in [0, 0.05) is 57.6 Å². The number of hydrogen-bond acceptors (Lipinski definition) is 7. The fraction of sp³-hybridized carbons (Fsp3) is 0.576. The number of benzene rings is 2. The van der Waals surface area contributed by atoms with Gasteiger partial charge >= 0.3 is 0 Å². The highest BCUT2D eigenvalue weighted by molar-refractivity contribution is 5.58.